The van der Waals surface area contributed by atoms with E-state index in [-0.39, 0.29) is 17.9 Å². The highest BCUT2D eigenvalue weighted by Gasteiger charge is 2.25. The van der Waals surface area contributed by atoms with Crippen LogP contribution in [0.25, 0.3) is 11.0 Å². The van der Waals surface area contributed by atoms with Gasteiger partial charge in [0.15, 0.2) is 0 Å². The largest absolute Gasteiger partial charge is 0.354 e. The molecule has 0 saturated carbocycles. The summed E-state index contributed by atoms with van der Waals surface area (Å²) < 4.78 is 2.23. The minimum absolute atomic E-state index is 0.185. The summed E-state index contributed by atoms with van der Waals surface area (Å²) in [6.45, 7) is 10.2. The van der Waals surface area contributed by atoms with Crippen LogP contribution in [-0.4, -0.2) is 46.0 Å². The molecule has 25 heavy (non-hydrogen) atoms. The molecule has 2 aromatic heterocycles. The van der Waals surface area contributed by atoms with Gasteiger partial charge in [-0.15, -0.1) is 0 Å². The van der Waals surface area contributed by atoms with Crippen molar-refractivity contribution in [2.45, 2.75) is 52.6 Å². The molecule has 2 aromatic rings. The summed E-state index contributed by atoms with van der Waals surface area (Å²) in [7, 11) is 0. The summed E-state index contributed by atoms with van der Waals surface area (Å²) in [5, 5.41) is 4.32. The number of piperidine rings is 1. The van der Waals surface area contributed by atoms with E-state index in [0.717, 1.165) is 51.1 Å². The number of nitrogens with one attached hydrogen (secondary N) is 1. The second-order valence-electron chi connectivity index (χ2n) is 7.34. The third kappa shape index (κ3) is 4.21. The maximum absolute atomic E-state index is 12.1. The van der Waals surface area contributed by atoms with Crippen LogP contribution in [0.5, 0.6) is 0 Å². The summed E-state index contributed by atoms with van der Waals surface area (Å²) in [5.74, 6) is 0.414. The number of amides is 1. The number of nitrogens with zero attached hydrogens (tertiary/aromatic N) is 3. The molecule has 0 unspecified atom stereocenters. The van der Waals surface area contributed by atoms with E-state index in [4.69, 9.17) is 0 Å². The van der Waals surface area contributed by atoms with Crippen LogP contribution in [0.1, 0.15) is 39.2 Å². The summed E-state index contributed by atoms with van der Waals surface area (Å²) in [6.07, 6.45) is 7.09. The first-order valence-corrected chi connectivity index (χ1v) is 9.54. The lowest BCUT2D eigenvalue weighted by molar-refractivity contribution is -0.126. The van der Waals surface area contributed by atoms with Crippen molar-refractivity contribution in [3.8, 4) is 0 Å². The van der Waals surface area contributed by atoms with E-state index in [2.05, 4.69) is 39.0 Å². The number of carbonyl (C=O) groups excluding carboxylic acids is 1. The molecule has 1 fully saturated rings. The van der Waals surface area contributed by atoms with Gasteiger partial charge in [0.2, 0.25) is 5.91 Å². The fraction of sp³-hybridized carbons (Fsp3) is 0.600. The van der Waals surface area contributed by atoms with Crippen molar-refractivity contribution in [3.05, 3.63) is 30.1 Å². The Kier molecular flexibility index (Phi) is 5.74. The molecule has 0 bridgehead atoms. The molecule has 1 saturated heterocycles. The zero-order valence-electron chi connectivity index (χ0n) is 15.7. The fourth-order valence-corrected chi connectivity index (χ4v) is 3.74. The van der Waals surface area contributed by atoms with Crippen LogP contribution >= 0.6 is 0 Å². The van der Waals surface area contributed by atoms with Crippen LogP contribution in [0.2, 0.25) is 0 Å². The molecule has 1 N–H and O–H groups in total. The van der Waals surface area contributed by atoms with Gasteiger partial charge in [0.05, 0.1) is 0 Å². The smallest absolute Gasteiger partial charge is 0.223 e. The van der Waals surface area contributed by atoms with E-state index in [1.807, 2.05) is 26.1 Å². The number of hydrogen-bond acceptors (Lipinski definition) is 3. The van der Waals surface area contributed by atoms with Gasteiger partial charge in [-0.1, -0.05) is 0 Å². The number of rotatable bonds is 6. The van der Waals surface area contributed by atoms with E-state index in [1.54, 1.807) is 0 Å². The maximum Gasteiger partial charge on any atom is 0.223 e. The Morgan fingerprint density at radius 3 is 2.80 bits per heavy atom. The third-order valence-corrected chi connectivity index (χ3v) is 5.14. The number of hydrogen-bond donors (Lipinski definition) is 1. The zero-order chi connectivity index (χ0) is 17.8. The highest BCUT2D eigenvalue weighted by molar-refractivity contribution is 5.80. The summed E-state index contributed by atoms with van der Waals surface area (Å²) in [6, 6.07) is 4.42. The molecule has 5 heteroatoms. The Labute approximate surface area is 150 Å². The van der Waals surface area contributed by atoms with Crippen molar-refractivity contribution >= 4 is 16.9 Å². The van der Waals surface area contributed by atoms with Gasteiger partial charge in [-0.25, -0.2) is 4.98 Å². The number of aromatic nitrogens is 2. The molecule has 1 amide bonds. The average Bonchev–Trinajstić information content (AvgIpc) is 2.98. The van der Waals surface area contributed by atoms with Crippen molar-refractivity contribution in [1.82, 2.24) is 19.8 Å². The molecule has 0 spiro atoms. The summed E-state index contributed by atoms with van der Waals surface area (Å²) in [5.41, 5.74) is 2.47. The molecule has 136 valence electrons. The van der Waals surface area contributed by atoms with Gasteiger partial charge >= 0.3 is 0 Å². The molecule has 0 aromatic carbocycles. The Morgan fingerprint density at radius 2 is 2.12 bits per heavy atom. The van der Waals surface area contributed by atoms with E-state index in [1.165, 1.54) is 10.9 Å². The predicted molar refractivity (Wildman–Crippen MR) is 102 cm³/mol. The molecule has 0 radical (unpaired) electrons. The van der Waals surface area contributed by atoms with Gasteiger partial charge in [-0.2, -0.15) is 0 Å². The first-order chi connectivity index (χ1) is 12.1. The zero-order valence-corrected chi connectivity index (χ0v) is 15.7. The standard InChI is InChI=1S/C20H30N4O/c1-4-24-14-17(18-6-5-10-21-19(18)24)9-13-23-11-7-16(8-12-23)20(25)22-15(2)3/h5-6,10,14-16H,4,7-9,11-13H2,1-3H3,(H,22,25). The summed E-state index contributed by atoms with van der Waals surface area (Å²) in [4.78, 5) is 19.2. The number of fused-ring (bicyclic) bond motifs is 1. The van der Waals surface area contributed by atoms with Crippen molar-refractivity contribution in [2.24, 2.45) is 5.92 Å². The molecule has 3 rings (SSSR count). The minimum Gasteiger partial charge on any atom is -0.354 e. The van der Waals surface area contributed by atoms with Crippen molar-refractivity contribution in [2.75, 3.05) is 19.6 Å². The Bertz CT molecular complexity index is 714. The van der Waals surface area contributed by atoms with E-state index < -0.39 is 0 Å². The first kappa shape index (κ1) is 17.9. The lowest BCUT2D eigenvalue weighted by atomic mass is 9.95. The first-order valence-electron chi connectivity index (χ1n) is 9.54. The lowest BCUT2D eigenvalue weighted by Gasteiger charge is -2.31. The number of carbonyl (C=O) groups is 1. The fourth-order valence-electron chi connectivity index (χ4n) is 3.74. The average molecular weight is 342 g/mol. The molecular formula is C20H30N4O. The predicted octanol–water partition coefficient (Wildman–Crippen LogP) is 2.84. The van der Waals surface area contributed by atoms with E-state index in [9.17, 15) is 4.79 Å². The number of pyridine rings is 1. The van der Waals surface area contributed by atoms with Crippen LogP contribution in [0.15, 0.2) is 24.5 Å². The van der Waals surface area contributed by atoms with E-state index in [0.29, 0.717) is 0 Å². The lowest BCUT2D eigenvalue weighted by Crippen LogP contribution is -2.42. The number of aryl methyl sites for hydroxylation is 1. The van der Waals surface area contributed by atoms with Crippen LogP contribution in [0.4, 0.5) is 0 Å². The molecule has 0 atom stereocenters. The molecule has 1 aliphatic heterocycles. The van der Waals surface area contributed by atoms with Crippen LogP contribution < -0.4 is 5.32 Å². The van der Waals surface area contributed by atoms with Gasteiger partial charge in [0.1, 0.15) is 5.65 Å². The molecule has 0 aliphatic carbocycles. The quantitative estimate of drug-likeness (QED) is 0.878. The molecule has 5 nitrogen and oxygen atoms in total. The monoisotopic (exact) mass is 342 g/mol. The van der Waals surface area contributed by atoms with Gasteiger partial charge in [0.25, 0.3) is 0 Å². The second kappa shape index (κ2) is 8.00. The topological polar surface area (TPSA) is 50.2 Å². The Hall–Kier alpha value is -1.88. The van der Waals surface area contributed by atoms with Crippen molar-refractivity contribution in [1.29, 1.82) is 0 Å². The van der Waals surface area contributed by atoms with Gasteiger partial charge in [0, 0.05) is 42.8 Å². The Balaban J connectivity index is 1.55. The maximum atomic E-state index is 12.1. The normalized spacial score (nSPS) is 16.6. The SMILES string of the molecule is CCn1cc(CCN2CCC(C(=O)NC(C)C)CC2)c2cccnc21. The summed E-state index contributed by atoms with van der Waals surface area (Å²) >= 11 is 0. The third-order valence-electron chi connectivity index (χ3n) is 5.14. The second-order valence-corrected chi connectivity index (χ2v) is 7.34. The minimum atomic E-state index is 0.185. The van der Waals surface area contributed by atoms with Crippen molar-refractivity contribution < 1.29 is 4.79 Å². The molecule has 3 heterocycles. The van der Waals surface area contributed by atoms with Gasteiger partial charge in [-0.3, -0.25) is 4.79 Å². The van der Waals surface area contributed by atoms with Gasteiger partial charge < -0.3 is 14.8 Å². The highest BCUT2D eigenvalue weighted by atomic mass is 16.1. The van der Waals surface area contributed by atoms with E-state index >= 15 is 0 Å². The van der Waals surface area contributed by atoms with Crippen molar-refractivity contribution in [3.63, 3.8) is 0 Å². The van der Waals surface area contributed by atoms with Gasteiger partial charge in [-0.05, 0) is 70.8 Å². The molecular weight excluding hydrogens is 312 g/mol. The Morgan fingerprint density at radius 1 is 1.36 bits per heavy atom. The van der Waals surface area contributed by atoms with Crippen LogP contribution in [0, 0.1) is 5.92 Å². The number of likely N-dealkylation sites (tertiary alicyclic amines) is 1. The highest BCUT2D eigenvalue weighted by Crippen LogP contribution is 2.22. The van der Waals surface area contributed by atoms with Crippen LogP contribution in [0.3, 0.4) is 0 Å². The molecule has 1 aliphatic rings. The van der Waals surface area contributed by atoms with Crippen LogP contribution in [-0.2, 0) is 17.8 Å².